The van der Waals surface area contributed by atoms with Crippen molar-refractivity contribution in [2.24, 2.45) is 5.41 Å². The van der Waals surface area contributed by atoms with Crippen LogP contribution in [0.15, 0.2) is 24.3 Å². The Hall–Kier alpha value is -0.948. The molecule has 0 spiro atoms. The fourth-order valence-electron chi connectivity index (χ4n) is 2.37. The van der Waals surface area contributed by atoms with Gasteiger partial charge in [-0.2, -0.15) is 0 Å². The summed E-state index contributed by atoms with van der Waals surface area (Å²) in [6.07, 6.45) is 0. The van der Waals surface area contributed by atoms with E-state index in [-0.39, 0.29) is 23.4 Å². The number of Topliss-reactive ketones (excluding diaryl/α,β-unsaturated/α-hetero) is 1. The number of benzene rings is 1. The molecule has 0 aromatic heterocycles. The minimum absolute atomic E-state index is 0.0624. The summed E-state index contributed by atoms with van der Waals surface area (Å²) in [5.41, 5.74) is 1.51. The van der Waals surface area contributed by atoms with Gasteiger partial charge in [0.25, 0.3) is 0 Å². The van der Waals surface area contributed by atoms with Gasteiger partial charge < -0.3 is 13.7 Å². The second kappa shape index (κ2) is 7.35. The van der Waals surface area contributed by atoms with Crippen molar-refractivity contribution in [3.05, 3.63) is 29.8 Å². The van der Waals surface area contributed by atoms with Gasteiger partial charge in [0.15, 0.2) is 14.1 Å². The van der Waals surface area contributed by atoms with Crippen molar-refractivity contribution in [3.8, 4) is 0 Å². The van der Waals surface area contributed by atoms with Gasteiger partial charge in [0, 0.05) is 30.8 Å². The summed E-state index contributed by atoms with van der Waals surface area (Å²) in [6.45, 7) is 16.8. The van der Waals surface area contributed by atoms with Crippen molar-refractivity contribution in [1.29, 1.82) is 0 Å². The summed E-state index contributed by atoms with van der Waals surface area (Å²) >= 11 is 0. The van der Waals surface area contributed by atoms with Crippen molar-refractivity contribution in [2.45, 2.75) is 52.8 Å². The normalized spacial score (nSPS) is 18.3. The molecule has 6 heteroatoms. The maximum absolute atomic E-state index is 11.4. The van der Waals surface area contributed by atoms with Crippen LogP contribution in [0.5, 0.6) is 0 Å². The molecule has 138 valence electrons. The van der Waals surface area contributed by atoms with E-state index in [1.54, 1.807) is 6.92 Å². The minimum Gasteiger partial charge on any atom is -0.416 e. The van der Waals surface area contributed by atoms with Crippen LogP contribution >= 0.6 is 0 Å². The first-order valence-corrected chi connectivity index (χ1v) is 11.8. The van der Waals surface area contributed by atoms with Gasteiger partial charge in [-0.05, 0) is 30.5 Å². The highest BCUT2D eigenvalue weighted by Crippen LogP contribution is 2.38. The molecule has 1 saturated heterocycles. The van der Waals surface area contributed by atoms with E-state index in [1.807, 2.05) is 24.3 Å². The summed E-state index contributed by atoms with van der Waals surface area (Å²) in [5, 5.41) is 0.195. The Labute approximate surface area is 153 Å². The second-order valence-corrected chi connectivity index (χ2v) is 13.8. The third-order valence-corrected chi connectivity index (χ3v) is 9.82. The van der Waals surface area contributed by atoms with Crippen molar-refractivity contribution < 1.29 is 18.5 Å². The molecule has 0 saturated carbocycles. The Morgan fingerprint density at radius 2 is 1.72 bits per heavy atom. The standard InChI is InChI=1S/C19H31BO4Si/c1-15(21)16-8-10-17(11-9-16)20-22-12-19(5,13-23-20)14-24-25(6,7)18(2,3)4/h8-11H,12-14H2,1-7H3. The lowest BCUT2D eigenvalue weighted by Gasteiger charge is -2.42. The predicted molar refractivity (Wildman–Crippen MR) is 105 cm³/mol. The number of ketones is 1. The van der Waals surface area contributed by atoms with Crippen molar-refractivity contribution >= 4 is 26.7 Å². The predicted octanol–water partition coefficient (Wildman–Crippen LogP) is 3.66. The lowest BCUT2D eigenvalue weighted by atomic mass is 9.75. The number of hydrogen-bond donors (Lipinski definition) is 0. The number of rotatable bonds is 5. The van der Waals surface area contributed by atoms with Crippen molar-refractivity contribution in [1.82, 2.24) is 0 Å². The molecule has 0 radical (unpaired) electrons. The Morgan fingerprint density at radius 3 is 2.16 bits per heavy atom. The highest BCUT2D eigenvalue weighted by Gasteiger charge is 2.42. The average Bonchev–Trinajstić information content (AvgIpc) is 2.53. The van der Waals surface area contributed by atoms with Gasteiger partial charge in [-0.1, -0.05) is 52.0 Å². The molecule has 1 fully saturated rings. The van der Waals surface area contributed by atoms with Crippen LogP contribution in [0.2, 0.25) is 18.1 Å². The molecular formula is C19H31BO4Si. The van der Waals surface area contributed by atoms with Crippen LogP contribution in [0.3, 0.4) is 0 Å². The molecule has 2 rings (SSSR count). The molecular weight excluding hydrogens is 331 g/mol. The van der Waals surface area contributed by atoms with E-state index in [1.165, 1.54) is 0 Å². The Morgan fingerprint density at radius 1 is 1.20 bits per heavy atom. The largest absolute Gasteiger partial charge is 0.493 e. The van der Waals surface area contributed by atoms with Gasteiger partial charge in [-0.25, -0.2) is 0 Å². The maximum atomic E-state index is 11.4. The van der Waals surface area contributed by atoms with Crippen LogP contribution in [0.4, 0.5) is 0 Å². The smallest absolute Gasteiger partial charge is 0.416 e. The summed E-state index contributed by atoms with van der Waals surface area (Å²) in [5.74, 6) is 0.0624. The summed E-state index contributed by atoms with van der Waals surface area (Å²) < 4.78 is 18.3. The zero-order valence-corrected chi connectivity index (χ0v) is 17.6. The van der Waals surface area contributed by atoms with E-state index in [9.17, 15) is 4.79 Å². The molecule has 0 atom stereocenters. The van der Waals surface area contributed by atoms with E-state index in [2.05, 4.69) is 40.8 Å². The van der Waals surface area contributed by atoms with Crippen LogP contribution in [-0.2, 0) is 13.7 Å². The lowest BCUT2D eigenvalue weighted by molar-refractivity contribution is -0.0110. The van der Waals surface area contributed by atoms with E-state index in [0.717, 1.165) is 5.46 Å². The molecule has 4 nitrogen and oxygen atoms in total. The minimum atomic E-state index is -1.78. The molecule has 1 aromatic rings. The second-order valence-electron chi connectivity index (χ2n) is 8.99. The monoisotopic (exact) mass is 362 g/mol. The van der Waals surface area contributed by atoms with Gasteiger partial charge in [0.2, 0.25) is 0 Å². The third-order valence-electron chi connectivity index (χ3n) is 5.34. The molecule has 1 aliphatic heterocycles. The van der Waals surface area contributed by atoms with Crippen LogP contribution < -0.4 is 5.46 Å². The quantitative estimate of drug-likeness (QED) is 0.592. The molecule has 25 heavy (non-hydrogen) atoms. The molecule has 0 amide bonds. The Balaban J connectivity index is 1.93. The topological polar surface area (TPSA) is 44.8 Å². The molecule has 0 unspecified atom stereocenters. The lowest BCUT2D eigenvalue weighted by Crippen LogP contribution is -2.52. The van der Waals surface area contributed by atoms with Crippen LogP contribution in [0.1, 0.15) is 45.0 Å². The molecule has 0 bridgehead atoms. The first-order chi connectivity index (χ1) is 11.4. The Bertz CT molecular complexity index is 599. The van der Waals surface area contributed by atoms with Gasteiger partial charge >= 0.3 is 7.12 Å². The fraction of sp³-hybridized carbons (Fsp3) is 0.632. The molecule has 1 heterocycles. The zero-order valence-electron chi connectivity index (χ0n) is 16.6. The van der Waals surface area contributed by atoms with Gasteiger partial charge in [-0.3, -0.25) is 4.79 Å². The van der Waals surface area contributed by atoms with Crippen LogP contribution in [-0.4, -0.2) is 41.0 Å². The van der Waals surface area contributed by atoms with Gasteiger partial charge in [0.1, 0.15) is 0 Å². The van der Waals surface area contributed by atoms with E-state index >= 15 is 0 Å². The summed E-state index contributed by atoms with van der Waals surface area (Å²) in [6, 6.07) is 7.43. The summed E-state index contributed by atoms with van der Waals surface area (Å²) in [4.78, 5) is 11.4. The van der Waals surface area contributed by atoms with Crippen LogP contribution in [0.25, 0.3) is 0 Å². The zero-order chi connectivity index (χ0) is 18.9. The number of carbonyl (C=O) groups excluding carboxylic acids is 1. The van der Waals surface area contributed by atoms with Gasteiger partial charge in [-0.15, -0.1) is 0 Å². The molecule has 0 N–H and O–H groups in total. The van der Waals surface area contributed by atoms with E-state index in [0.29, 0.717) is 25.4 Å². The van der Waals surface area contributed by atoms with Gasteiger partial charge in [0.05, 0.1) is 0 Å². The molecule has 1 aromatic carbocycles. The first-order valence-electron chi connectivity index (χ1n) is 8.92. The molecule has 0 aliphatic carbocycles. The SMILES string of the molecule is CC(=O)c1ccc(B2OCC(C)(CO[Si](C)(C)C(C)(C)C)CO2)cc1. The molecule has 1 aliphatic rings. The van der Waals surface area contributed by atoms with Crippen molar-refractivity contribution in [3.63, 3.8) is 0 Å². The first kappa shape index (κ1) is 20.4. The fourth-order valence-corrected chi connectivity index (χ4v) is 3.51. The van der Waals surface area contributed by atoms with E-state index in [4.69, 9.17) is 13.7 Å². The van der Waals surface area contributed by atoms with Crippen molar-refractivity contribution in [2.75, 3.05) is 19.8 Å². The highest BCUT2D eigenvalue weighted by molar-refractivity contribution is 6.74. The Kier molecular flexibility index (Phi) is 5.99. The number of hydrogen-bond acceptors (Lipinski definition) is 4. The van der Waals surface area contributed by atoms with E-state index < -0.39 is 8.32 Å². The maximum Gasteiger partial charge on any atom is 0.493 e. The highest BCUT2D eigenvalue weighted by atomic mass is 28.4. The average molecular weight is 362 g/mol. The summed E-state index contributed by atoms with van der Waals surface area (Å²) in [7, 11) is -2.15. The third kappa shape index (κ3) is 5.03. The number of carbonyl (C=O) groups is 1. The van der Waals surface area contributed by atoms with Crippen LogP contribution in [0, 0.1) is 5.41 Å².